The number of hydrogen-bond acceptors (Lipinski definition) is 4. The van der Waals surface area contributed by atoms with E-state index in [1.165, 1.54) is 6.92 Å². The molecule has 5 nitrogen and oxygen atoms in total. The van der Waals surface area contributed by atoms with Crippen molar-refractivity contribution in [2.24, 2.45) is 0 Å². The molecule has 0 N–H and O–H groups in total. The monoisotopic (exact) mass is 332 g/mol. The van der Waals surface area contributed by atoms with Gasteiger partial charge in [-0.3, -0.25) is 9.59 Å². The molecule has 5 heteroatoms. The van der Waals surface area contributed by atoms with Crippen molar-refractivity contribution < 1.29 is 14.4 Å². The molecule has 0 bridgehead atoms. The predicted octanol–water partition coefficient (Wildman–Crippen LogP) is 2.67. The molecule has 1 saturated heterocycles. The summed E-state index contributed by atoms with van der Waals surface area (Å²) in [6, 6.07) is 4.07. The van der Waals surface area contributed by atoms with Crippen molar-refractivity contribution in [3.05, 3.63) is 34.4 Å². The van der Waals surface area contributed by atoms with Crippen molar-refractivity contribution in [2.75, 3.05) is 27.2 Å². The standard InChI is InChI=1S/C19H28N2O3/c1-13-11-14(2)17(15(3)12-13)18(23)19(20(5)16(4)22)7-9-21(24-6)10-8-19/h11-12H,7-10H2,1-6H3. The van der Waals surface area contributed by atoms with Crippen LogP contribution in [0.5, 0.6) is 0 Å². The smallest absolute Gasteiger partial charge is 0.220 e. The van der Waals surface area contributed by atoms with Crippen LogP contribution in [-0.4, -0.2) is 54.4 Å². The zero-order valence-electron chi connectivity index (χ0n) is 15.6. The molecule has 1 amide bonds. The van der Waals surface area contributed by atoms with Gasteiger partial charge in [0.15, 0.2) is 5.78 Å². The second-order valence-corrected chi connectivity index (χ2v) is 6.82. The Bertz CT molecular complexity index is 623. The van der Waals surface area contributed by atoms with E-state index in [0.29, 0.717) is 25.9 Å². The molecular formula is C19H28N2O3. The predicted molar refractivity (Wildman–Crippen MR) is 94.0 cm³/mol. The van der Waals surface area contributed by atoms with Gasteiger partial charge in [-0.25, -0.2) is 0 Å². The van der Waals surface area contributed by atoms with E-state index in [1.807, 2.05) is 38.0 Å². The van der Waals surface area contributed by atoms with E-state index in [2.05, 4.69) is 0 Å². The zero-order chi connectivity index (χ0) is 18.1. The molecule has 1 fully saturated rings. The van der Waals surface area contributed by atoms with Crippen molar-refractivity contribution in [3.63, 3.8) is 0 Å². The van der Waals surface area contributed by atoms with Gasteiger partial charge in [-0.2, -0.15) is 5.06 Å². The number of likely N-dealkylation sites (N-methyl/N-ethyl adjacent to an activating group) is 1. The molecule has 1 heterocycles. The van der Waals surface area contributed by atoms with Gasteiger partial charge in [0.1, 0.15) is 5.54 Å². The van der Waals surface area contributed by atoms with Crippen LogP contribution in [0.1, 0.15) is 46.8 Å². The fourth-order valence-corrected chi connectivity index (χ4v) is 3.83. The first-order valence-corrected chi connectivity index (χ1v) is 8.39. The first-order valence-electron chi connectivity index (χ1n) is 8.39. The van der Waals surface area contributed by atoms with Crippen LogP contribution in [0.15, 0.2) is 12.1 Å². The average molecular weight is 332 g/mol. The summed E-state index contributed by atoms with van der Waals surface area (Å²) in [5, 5.41) is 1.84. The first kappa shape index (κ1) is 18.6. The SMILES string of the molecule is CON1CCC(C(=O)c2c(C)cc(C)cc2C)(N(C)C(C)=O)CC1. The lowest BCUT2D eigenvalue weighted by Gasteiger charge is -2.45. The highest BCUT2D eigenvalue weighted by Crippen LogP contribution is 2.34. The Hall–Kier alpha value is -1.72. The molecule has 24 heavy (non-hydrogen) atoms. The van der Waals surface area contributed by atoms with Crippen molar-refractivity contribution in [3.8, 4) is 0 Å². The van der Waals surface area contributed by atoms with Crippen LogP contribution in [0.4, 0.5) is 0 Å². The van der Waals surface area contributed by atoms with Gasteiger partial charge in [-0.05, 0) is 44.7 Å². The van der Waals surface area contributed by atoms with Crippen LogP contribution in [0.2, 0.25) is 0 Å². The Labute approximate surface area is 144 Å². The van der Waals surface area contributed by atoms with Gasteiger partial charge in [0.25, 0.3) is 0 Å². The Kier molecular flexibility index (Phi) is 5.45. The zero-order valence-corrected chi connectivity index (χ0v) is 15.6. The van der Waals surface area contributed by atoms with E-state index in [-0.39, 0.29) is 11.7 Å². The maximum Gasteiger partial charge on any atom is 0.220 e. The van der Waals surface area contributed by atoms with Crippen LogP contribution in [-0.2, 0) is 9.63 Å². The molecule has 0 aromatic heterocycles. The summed E-state index contributed by atoms with van der Waals surface area (Å²) in [6.07, 6.45) is 1.14. The Balaban J connectivity index is 2.49. The van der Waals surface area contributed by atoms with Crippen molar-refractivity contribution in [1.82, 2.24) is 9.96 Å². The normalized spacial score (nSPS) is 17.6. The molecule has 0 atom stereocenters. The maximum atomic E-state index is 13.6. The Morgan fingerprint density at radius 2 is 1.62 bits per heavy atom. The first-order chi connectivity index (χ1) is 11.2. The van der Waals surface area contributed by atoms with Gasteiger partial charge in [-0.1, -0.05) is 17.7 Å². The third-order valence-corrected chi connectivity index (χ3v) is 5.25. The minimum atomic E-state index is -0.800. The number of piperidine rings is 1. The number of aryl methyl sites for hydroxylation is 3. The maximum absolute atomic E-state index is 13.6. The van der Waals surface area contributed by atoms with E-state index in [1.54, 1.807) is 19.1 Å². The highest BCUT2D eigenvalue weighted by atomic mass is 16.7. The number of hydroxylamine groups is 2. The van der Waals surface area contributed by atoms with Crippen molar-refractivity contribution in [1.29, 1.82) is 0 Å². The lowest BCUT2D eigenvalue weighted by molar-refractivity contribution is -0.161. The molecular weight excluding hydrogens is 304 g/mol. The summed E-state index contributed by atoms with van der Waals surface area (Å²) in [4.78, 5) is 32.6. The van der Waals surface area contributed by atoms with E-state index >= 15 is 0 Å². The fraction of sp³-hybridized carbons (Fsp3) is 0.579. The highest BCUT2D eigenvalue weighted by molar-refractivity contribution is 6.07. The summed E-state index contributed by atoms with van der Waals surface area (Å²) in [5.74, 6) is -0.0393. The number of ketones is 1. The molecule has 1 aliphatic rings. The number of Topliss-reactive ketones (excluding diaryl/α,β-unsaturated/α-hetero) is 1. The van der Waals surface area contributed by atoms with Crippen LogP contribution in [0, 0.1) is 20.8 Å². The summed E-state index contributed by atoms with van der Waals surface area (Å²) in [7, 11) is 3.37. The minimum absolute atomic E-state index is 0.0472. The lowest BCUT2D eigenvalue weighted by atomic mass is 9.77. The second kappa shape index (κ2) is 7.03. The van der Waals surface area contributed by atoms with Crippen LogP contribution >= 0.6 is 0 Å². The molecule has 0 aliphatic carbocycles. The molecule has 0 unspecified atom stereocenters. The molecule has 132 valence electrons. The van der Waals surface area contributed by atoms with Gasteiger partial charge < -0.3 is 9.74 Å². The molecule has 2 rings (SSSR count). The van der Waals surface area contributed by atoms with Crippen LogP contribution in [0.3, 0.4) is 0 Å². The van der Waals surface area contributed by atoms with E-state index in [9.17, 15) is 9.59 Å². The third-order valence-electron chi connectivity index (χ3n) is 5.25. The minimum Gasteiger partial charge on any atom is -0.333 e. The van der Waals surface area contributed by atoms with E-state index < -0.39 is 5.54 Å². The van der Waals surface area contributed by atoms with Crippen LogP contribution in [0.25, 0.3) is 0 Å². The molecule has 1 aromatic rings. The number of benzene rings is 1. The number of carbonyl (C=O) groups excluding carboxylic acids is 2. The fourth-order valence-electron chi connectivity index (χ4n) is 3.83. The molecule has 1 aromatic carbocycles. The van der Waals surface area contributed by atoms with Crippen molar-refractivity contribution >= 4 is 11.7 Å². The summed E-state index contributed by atoms with van der Waals surface area (Å²) in [6.45, 7) is 8.75. The van der Waals surface area contributed by atoms with Gasteiger partial charge in [0.2, 0.25) is 5.91 Å². The largest absolute Gasteiger partial charge is 0.333 e. The lowest BCUT2D eigenvalue weighted by Crippen LogP contribution is -2.60. The quantitative estimate of drug-likeness (QED) is 0.796. The summed E-state index contributed by atoms with van der Waals surface area (Å²) < 4.78 is 0. The molecule has 1 aliphatic heterocycles. The molecule has 0 spiro atoms. The van der Waals surface area contributed by atoms with Gasteiger partial charge in [0, 0.05) is 32.6 Å². The topological polar surface area (TPSA) is 49.9 Å². The summed E-state index contributed by atoms with van der Waals surface area (Å²) in [5.41, 5.74) is 3.04. The number of rotatable bonds is 4. The summed E-state index contributed by atoms with van der Waals surface area (Å²) >= 11 is 0. The van der Waals surface area contributed by atoms with Gasteiger partial charge in [0.05, 0.1) is 7.11 Å². The Morgan fingerprint density at radius 1 is 1.12 bits per heavy atom. The number of carbonyl (C=O) groups is 2. The Morgan fingerprint density at radius 3 is 2.04 bits per heavy atom. The molecule has 0 saturated carbocycles. The van der Waals surface area contributed by atoms with Crippen LogP contribution < -0.4 is 0 Å². The second-order valence-electron chi connectivity index (χ2n) is 6.82. The number of hydrogen-bond donors (Lipinski definition) is 0. The number of nitrogens with zero attached hydrogens (tertiary/aromatic N) is 2. The van der Waals surface area contributed by atoms with Gasteiger partial charge >= 0.3 is 0 Å². The van der Waals surface area contributed by atoms with E-state index in [4.69, 9.17) is 4.84 Å². The third kappa shape index (κ3) is 3.23. The van der Waals surface area contributed by atoms with Crippen molar-refractivity contribution in [2.45, 2.75) is 46.1 Å². The van der Waals surface area contributed by atoms with Gasteiger partial charge in [-0.15, -0.1) is 0 Å². The highest BCUT2D eigenvalue weighted by Gasteiger charge is 2.47. The number of amides is 1. The van der Waals surface area contributed by atoms with E-state index in [0.717, 1.165) is 22.3 Å². The molecule has 0 radical (unpaired) electrons. The average Bonchev–Trinajstić information content (AvgIpc) is 2.53.